The summed E-state index contributed by atoms with van der Waals surface area (Å²) in [5.74, 6) is 0. The highest BCUT2D eigenvalue weighted by atomic mass is 35.5. The molecule has 2 rings (SSSR count). The van der Waals surface area contributed by atoms with E-state index >= 15 is 0 Å². The van der Waals surface area contributed by atoms with Gasteiger partial charge in [0.1, 0.15) is 0 Å². The van der Waals surface area contributed by atoms with Crippen LogP contribution in [0.1, 0.15) is 11.1 Å². The molecule has 1 nitrogen and oxygen atoms in total. The Balaban J connectivity index is 2.41. The number of rotatable bonds is 2. The molecule has 5 heteroatoms. The second kappa shape index (κ2) is 5.56. The first kappa shape index (κ1) is 14.4. The molecule has 2 aromatic rings. The summed E-state index contributed by atoms with van der Waals surface area (Å²) >= 11 is 6.06. The van der Waals surface area contributed by atoms with Crippen LogP contribution in [0.15, 0.2) is 42.5 Å². The van der Waals surface area contributed by atoms with Gasteiger partial charge in [-0.1, -0.05) is 29.8 Å². The molecule has 0 saturated carbocycles. The molecule has 0 bridgehead atoms. The number of benzene rings is 2. The first-order valence-corrected chi connectivity index (χ1v) is 6.12. The highest BCUT2D eigenvalue weighted by Gasteiger charge is 2.30. The first-order valence-electron chi connectivity index (χ1n) is 5.75. The normalized spacial score (nSPS) is 11.2. The Morgan fingerprint density at radius 1 is 1.05 bits per heavy atom. The van der Waals surface area contributed by atoms with Crippen LogP contribution >= 0.6 is 11.6 Å². The summed E-state index contributed by atoms with van der Waals surface area (Å²) < 4.78 is 37.5. The summed E-state index contributed by atoms with van der Waals surface area (Å²) in [6.07, 6.45) is -4.13. The second-order valence-corrected chi connectivity index (χ2v) is 4.63. The van der Waals surface area contributed by atoms with Crippen molar-refractivity contribution in [2.45, 2.75) is 12.6 Å². The van der Waals surface area contributed by atoms with Crippen LogP contribution in [-0.2, 0) is 12.6 Å². The second-order valence-electron chi connectivity index (χ2n) is 4.22. The minimum absolute atomic E-state index is 0.227. The summed E-state index contributed by atoms with van der Waals surface area (Å²) in [4.78, 5) is 0. The topological polar surface area (TPSA) is 23.8 Å². The van der Waals surface area contributed by atoms with Crippen molar-refractivity contribution in [2.24, 2.45) is 0 Å². The summed E-state index contributed by atoms with van der Waals surface area (Å²) in [6.45, 7) is 0. The third-order valence-corrected chi connectivity index (χ3v) is 3.17. The van der Waals surface area contributed by atoms with E-state index in [4.69, 9.17) is 16.9 Å². The molecule has 2 aromatic carbocycles. The Labute approximate surface area is 119 Å². The predicted octanol–water partition coefficient (Wildman–Crippen LogP) is 5.09. The largest absolute Gasteiger partial charge is 0.416 e. The van der Waals surface area contributed by atoms with E-state index in [2.05, 4.69) is 0 Å². The molecule has 0 aliphatic rings. The van der Waals surface area contributed by atoms with Crippen LogP contribution in [0.2, 0.25) is 5.02 Å². The van der Waals surface area contributed by atoms with Crippen LogP contribution in [0.4, 0.5) is 13.2 Å². The van der Waals surface area contributed by atoms with Gasteiger partial charge >= 0.3 is 6.18 Å². The van der Waals surface area contributed by atoms with Crippen molar-refractivity contribution in [3.05, 3.63) is 58.6 Å². The highest BCUT2D eigenvalue weighted by molar-refractivity contribution is 6.33. The van der Waals surface area contributed by atoms with Crippen molar-refractivity contribution >= 4 is 11.6 Å². The van der Waals surface area contributed by atoms with E-state index in [1.54, 1.807) is 18.2 Å². The molecule has 0 amide bonds. The third-order valence-electron chi connectivity index (χ3n) is 2.84. The maximum Gasteiger partial charge on any atom is 0.416 e. The van der Waals surface area contributed by atoms with E-state index in [1.165, 1.54) is 12.1 Å². The standard InChI is InChI=1S/C15H9ClF3N/c16-14-6-1-10(7-8-20)9-13(14)11-2-4-12(5-3-11)15(17,18)19/h1-6,9H,7H2. The van der Waals surface area contributed by atoms with E-state index in [9.17, 15) is 13.2 Å². The monoisotopic (exact) mass is 295 g/mol. The first-order chi connectivity index (χ1) is 9.41. The average Bonchev–Trinajstić information content (AvgIpc) is 2.40. The Morgan fingerprint density at radius 3 is 2.25 bits per heavy atom. The summed E-state index contributed by atoms with van der Waals surface area (Å²) in [5, 5.41) is 9.10. The van der Waals surface area contributed by atoms with Gasteiger partial charge in [-0.3, -0.25) is 0 Å². The van der Waals surface area contributed by atoms with Gasteiger partial charge < -0.3 is 0 Å². The summed E-state index contributed by atoms with van der Waals surface area (Å²) in [5.41, 5.74) is 1.27. The number of hydrogen-bond acceptors (Lipinski definition) is 1. The van der Waals surface area contributed by atoms with Gasteiger partial charge in [-0.2, -0.15) is 18.4 Å². The van der Waals surface area contributed by atoms with Gasteiger partial charge in [0, 0.05) is 10.6 Å². The fourth-order valence-electron chi connectivity index (χ4n) is 1.83. The molecule has 0 aliphatic heterocycles. The summed E-state index contributed by atoms with van der Waals surface area (Å²) in [7, 11) is 0. The van der Waals surface area contributed by atoms with Gasteiger partial charge in [0.15, 0.2) is 0 Å². The number of alkyl halides is 3. The van der Waals surface area contributed by atoms with Crippen molar-refractivity contribution in [1.29, 1.82) is 5.26 Å². The molecule has 0 spiro atoms. The molecule has 0 heterocycles. The van der Waals surface area contributed by atoms with Crippen LogP contribution in [0, 0.1) is 11.3 Å². The molecule has 0 aliphatic carbocycles. The van der Waals surface area contributed by atoms with Gasteiger partial charge in [-0.05, 0) is 35.4 Å². The van der Waals surface area contributed by atoms with Crippen molar-refractivity contribution in [3.63, 3.8) is 0 Å². The minimum Gasteiger partial charge on any atom is -0.198 e. The number of halogens is 4. The van der Waals surface area contributed by atoms with Crippen molar-refractivity contribution < 1.29 is 13.2 Å². The smallest absolute Gasteiger partial charge is 0.198 e. The summed E-state index contributed by atoms with van der Waals surface area (Å²) in [6, 6.07) is 11.9. The lowest BCUT2D eigenvalue weighted by atomic mass is 10.0. The average molecular weight is 296 g/mol. The molecular formula is C15H9ClF3N. The third kappa shape index (κ3) is 3.12. The van der Waals surface area contributed by atoms with E-state index in [1.807, 2.05) is 6.07 Å². The molecule has 0 unspecified atom stereocenters. The van der Waals surface area contributed by atoms with Crippen LogP contribution in [-0.4, -0.2) is 0 Å². The van der Waals surface area contributed by atoms with Gasteiger partial charge in [0.25, 0.3) is 0 Å². The van der Waals surface area contributed by atoms with Crippen molar-refractivity contribution in [3.8, 4) is 17.2 Å². The number of hydrogen-bond donors (Lipinski definition) is 0. The molecule has 20 heavy (non-hydrogen) atoms. The number of nitriles is 1. The van der Waals surface area contributed by atoms with E-state index in [-0.39, 0.29) is 6.42 Å². The molecule has 0 atom stereocenters. The van der Waals surface area contributed by atoms with Crippen molar-refractivity contribution in [2.75, 3.05) is 0 Å². The lowest BCUT2D eigenvalue weighted by molar-refractivity contribution is -0.137. The SMILES string of the molecule is N#CCc1ccc(Cl)c(-c2ccc(C(F)(F)F)cc2)c1. The zero-order valence-electron chi connectivity index (χ0n) is 10.2. The fourth-order valence-corrected chi connectivity index (χ4v) is 2.06. The predicted molar refractivity (Wildman–Crippen MR) is 71.2 cm³/mol. The van der Waals surface area contributed by atoms with Gasteiger partial charge in [-0.25, -0.2) is 0 Å². The van der Waals surface area contributed by atoms with Crippen molar-refractivity contribution in [1.82, 2.24) is 0 Å². The molecule has 0 saturated heterocycles. The maximum absolute atomic E-state index is 12.5. The Bertz CT molecular complexity index is 654. The van der Waals surface area contributed by atoms with Crippen LogP contribution < -0.4 is 0 Å². The molecule has 0 fully saturated rings. The zero-order valence-corrected chi connectivity index (χ0v) is 11.0. The quantitative estimate of drug-likeness (QED) is 0.757. The molecular weight excluding hydrogens is 287 g/mol. The Hall–Kier alpha value is -1.99. The molecule has 0 N–H and O–H groups in total. The lowest BCUT2D eigenvalue weighted by Gasteiger charge is -2.09. The lowest BCUT2D eigenvalue weighted by Crippen LogP contribution is -2.04. The molecule has 0 radical (unpaired) electrons. The van der Waals surface area contributed by atoms with E-state index in [0.29, 0.717) is 16.1 Å². The van der Waals surface area contributed by atoms with E-state index < -0.39 is 11.7 Å². The zero-order chi connectivity index (χ0) is 14.8. The van der Waals surface area contributed by atoms with Crippen LogP contribution in [0.3, 0.4) is 0 Å². The van der Waals surface area contributed by atoms with E-state index in [0.717, 1.165) is 17.7 Å². The highest BCUT2D eigenvalue weighted by Crippen LogP contribution is 2.33. The Morgan fingerprint density at radius 2 is 1.70 bits per heavy atom. The maximum atomic E-state index is 12.5. The molecule has 0 aromatic heterocycles. The van der Waals surface area contributed by atoms with Gasteiger partial charge in [0.05, 0.1) is 18.1 Å². The number of nitrogens with zero attached hydrogens (tertiary/aromatic N) is 1. The van der Waals surface area contributed by atoms with Gasteiger partial charge in [0.2, 0.25) is 0 Å². The van der Waals surface area contributed by atoms with Crippen LogP contribution in [0.5, 0.6) is 0 Å². The minimum atomic E-state index is -4.36. The Kier molecular flexibility index (Phi) is 4.01. The van der Waals surface area contributed by atoms with Gasteiger partial charge in [-0.15, -0.1) is 0 Å². The molecule has 102 valence electrons. The fraction of sp³-hybridized carbons (Fsp3) is 0.133. The van der Waals surface area contributed by atoms with Crippen LogP contribution in [0.25, 0.3) is 11.1 Å².